The predicted octanol–water partition coefficient (Wildman–Crippen LogP) is 4.08. The van der Waals surface area contributed by atoms with Crippen LogP contribution in [0.3, 0.4) is 0 Å². The van der Waals surface area contributed by atoms with Crippen LogP contribution in [0.5, 0.6) is 0 Å². The number of para-hydroxylation sites is 1. The lowest BCUT2D eigenvalue weighted by Crippen LogP contribution is -2.23. The van der Waals surface area contributed by atoms with Crippen LogP contribution in [-0.2, 0) is 6.54 Å². The van der Waals surface area contributed by atoms with Gasteiger partial charge in [0.05, 0.1) is 11.3 Å². The number of carbonyl (C=O) groups is 1. The van der Waals surface area contributed by atoms with Crippen LogP contribution in [-0.4, -0.2) is 15.9 Å². The minimum atomic E-state index is -0.140. The zero-order chi connectivity index (χ0) is 18.5. The van der Waals surface area contributed by atoms with E-state index in [1.807, 2.05) is 63.2 Å². The number of aryl methyl sites for hydroxylation is 3. The molecule has 1 heterocycles. The molecule has 2 N–H and O–H groups in total. The van der Waals surface area contributed by atoms with Crippen molar-refractivity contribution in [2.24, 2.45) is 0 Å². The predicted molar refractivity (Wildman–Crippen MR) is 104 cm³/mol. The molecule has 5 heteroatoms. The lowest BCUT2D eigenvalue weighted by molar-refractivity contribution is 0.0951. The van der Waals surface area contributed by atoms with Crippen LogP contribution in [0.1, 0.15) is 32.9 Å². The first-order valence-electron chi connectivity index (χ1n) is 8.53. The number of aromatic nitrogens is 2. The monoisotopic (exact) mass is 346 g/mol. The van der Waals surface area contributed by atoms with Crippen molar-refractivity contribution in [2.45, 2.75) is 27.3 Å². The molecular formula is C21H22N4O. The van der Waals surface area contributed by atoms with Crippen LogP contribution in [0, 0.1) is 20.8 Å². The Bertz CT molecular complexity index is 917. The van der Waals surface area contributed by atoms with Crippen LogP contribution in [0.2, 0.25) is 0 Å². The first kappa shape index (κ1) is 17.6. The zero-order valence-electron chi connectivity index (χ0n) is 15.2. The fraction of sp³-hybridized carbons (Fsp3) is 0.190. The van der Waals surface area contributed by atoms with Gasteiger partial charge in [0.2, 0.25) is 5.95 Å². The van der Waals surface area contributed by atoms with Crippen molar-refractivity contribution in [3.05, 3.63) is 82.7 Å². The van der Waals surface area contributed by atoms with Crippen molar-refractivity contribution < 1.29 is 4.79 Å². The van der Waals surface area contributed by atoms with Gasteiger partial charge in [-0.1, -0.05) is 42.0 Å². The molecule has 132 valence electrons. The first-order chi connectivity index (χ1) is 12.5. The largest absolute Gasteiger partial charge is 0.348 e. The van der Waals surface area contributed by atoms with E-state index in [0.29, 0.717) is 23.7 Å². The van der Waals surface area contributed by atoms with Gasteiger partial charge in [-0.05, 0) is 44.5 Å². The van der Waals surface area contributed by atoms with E-state index < -0.39 is 0 Å². The highest BCUT2D eigenvalue weighted by Crippen LogP contribution is 2.19. The maximum absolute atomic E-state index is 12.7. The summed E-state index contributed by atoms with van der Waals surface area (Å²) >= 11 is 0. The molecule has 1 aromatic heterocycles. The fourth-order valence-corrected chi connectivity index (χ4v) is 2.79. The third-order valence-electron chi connectivity index (χ3n) is 3.94. The summed E-state index contributed by atoms with van der Waals surface area (Å²) in [6, 6.07) is 17.4. The number of nitrogens with zero attached hydrogens (tertiary/aromatic N) is 2. The fourth-order valence-electron chi connectivity index (χ4n) is 2.79. The van der Waals surface area contributed by atoms with Gasteiger partial charge in [0.15, 0.2) is 0 Å². The molecule has 0 bridgehead atoms. The molecule has 0 aliphatic heterocycles. The number of nitrogens with one attached hydrogen (secondary N) is 2. The topological polar surface area (TPSA) is 66.9 Å². The maximum atomic E-state index is 12.7. The Kier molecular flexibility index (Phi) is 5.27. The Labute approximate surface area is 153 Å². The van der Waals surface area contributed by atoms with Gasteiger partial charge in [0.25, 0.3) is 5.91 Å². The Morgan fingerprint density at radius 3 is 2.38 bits per heavy atom. The number of rotatable bonds is 5. The van der Waals surface area contributed by atoms with Crippen molar-refractivity contribution >= 4 is 17.5 Å². The number of benzene rings is 2. The Balaban J connectivity index is 1.76. The summed E-state index contributed by atoms with van der Waals surface area (Å²) in [6.45, 7) is 6.35. The average molecular weight is 346 g/mol. The number of hydrogen-bond donors (Lipinski definition) is 2. The molecule has 2 aromatic carbocycles. The van der Waals surface area contributed by atoms with Gasteiger partial charge in [0, 0.05) is 17.9 Å². The second-order valence-corrected chi connectivity index (χ2v) is 6.32. The van der Waals surface area contributed by atoms with Gasteiger partial charge in [-0.15, -0.1) is 0 Å². The number of amides is 1. The summed E-state index contributed by atoms with van der Waals surface area (Å²) in [6.07, 6.45) is 0. The number of hydrogen-bond acceptors (Lipinski definition) is 4. The molecule has 1 amide bonds. The quantitative estimate of drug-likeness (QED) is 0.731. The van der Waals surface area contributed by atoms with Gasteiger partial charge >= 0.3 is 0 Å². The number of anilines is 2. The first-order valence-corrected chi connectivity index (χ1v) is 8.53. The molecule has 3 aromatic rings. The standard InChI is InChI=1S/C21H22N4O/c1-14-7-6-8-17(11-14)13-22-20(26)18-9-4-5-10-19(18)25-21-23-15(2)12-16(3)24-21/h4-12H,13H2,1-3H3,(H,22,26)(H,23,24,25). The third kappa shape index (κ3) is 4.45. The molecule has 5 nitrogen and oxygen atoms in total. The molecule has 0 fully saturated rings. The molecule has 0 unspecified atom stereocenters. The van der Waals surface area contributed by atoms with Gasteiger partial charge in [0.1, 0.15) is 0 Å². The van der Waals surface area contributed by atoms with Crippen LogP contribution in [0.15, 0.2) is 54.6 Å². The molecule has 0 atom stereocenters. The Morgan fingerprint density at radius 2 is 1.65 bits per heavy atom. The van der Waals surface area contributed by atoms with E-state index in [-0.39, 0.29) is 5.91 Å². The molecule has 3 rings (SSSR count). The van der Waals surface area contributed by atoms with E-state index in [1.165, 1.54) is 5.56 Å². The average Bonchev–Trinajstić information content (AvgIpc) is 2.59. The van der Waals surface area contributed by atoms with Gasteiger partial charge in [-0.2, -0.15) is 0 Å². The lowest BCUT2D eigenvalue weighted by atomic mass is 10.1. The van der Waals surface area contributed by atoms with Crippen molar-refractivity contribution in [1.82, 2.24) is 15.3 Å². The highest BCUT2D eigenvalue weighted by molar-refractivity contribution is 6.00. The SMILES string of the molecule is Cc1cccc(CNC(=O)c2ccccc2Nc2nc(C)cc(C)n2)c1. The van der Waals surface area contributed by atoms with Gasteiger partial charge in [-0.3, -0.25) is 4.79 Å². The second kappa shape index (κ2) is 7.78. The molecule has 0 radical (unpaired) electrons. The minimum Gasteiger partial charge on any atom is -0.348 e. The van der Waals surface area contributed by atoms with Crippen LogP contribution < -0.4 is 10.6 Å². The van der Waals surface area contributed by atoms with E-state index >= 15 is 0 Å². The normalized spacial score (nSPS) is 10.4. The molecule has 0 aliphatic carbocycles. The van der Waals surface area contributed by atoms with Crippen LogP contribution >= 0.6 is 0 Å². The second-order valence-electron chi connectivity index (χ2n) is 6.32. The molecule has 0 saturated carbocycles. The number of carbonyl (C=O) groups excluding carboxylic acids is 1. The van der Waals surface area contributed by atoms with E-state index in [9.17, 15) is 4.79 Å². The van der Waals surface area contributed by atoms with Crippen molar-refractivity contribution in [3.8, 4) is 0 Å². The highest BCUT2D eigenvalue weighted by atomic mass is 16.1. The smallest absolute Gasteiger partial charge is 0.253 e. The van der Waals surface area contributed by atoms with E-state index in [0.717, 1.165) is 17.0 Å². The van der Waals surface area contributed by atoms with E-state index in [1.54, 1.807) is 6.07 Å². The summed E-state index contributed by atoms with van der Waals surface area (Å²) in [5.74, 6) is 0.348. The summed E-state index contributed by atoms with van der Waals surface area (Å²) in [4.78, 5) is 21.4. The third-order valence-corrected chi connectivity index (χ3v) is 3.94. The minimum absolute atomic E-state index is 0.140. The molecule has 26 heavy (non-hydrogen) atoms. The summed E-state index contributed by atoms with van der Waals surface area (Å²) in [5.41, 5.74) is 5.23. The maximum Gasteiger partial charge on any atom is 0.253 e. The molecule has 0 saturated heterocycles. The Hall–Kier alpha value is -3.21. The zero-order valence-corrected chi connectivity index (χ0v) is 15.2. The summed E-state index contributed by atoms with van der Waals surface area (Å²) in [7, 11) is 0. The Morgan fingerprint density at radius 1 is 0.923 bits per heavy atom. The summed E-state index contributed by atoms with van der Waals surface area (Å²) in [5, 5.41) is 6.13. The van der Waals surface area contributed by atoms with Crippen molar-refractivity contribution in [2.75, 3.05) is 5.32 Å². The van der Waals surface area contributed by atoms with E-state index in [2.05, 4.69) is 26.7 Å². The lowest BCUT2D eigenvalue weighted by Gasteiger charge is -2.12. The van der Waals surface area contributed by atoms with Crippen molar-refractivity contribution in [3.63, 3.8) is 0 Å². The molecule has 0 aliphatic rings. The van der Waals surface area contributed by atoms with Crippen molar-refractivity contribution in [1.29, 1.82) is 0 Å². The highest BCUT2D eigenvalue weighted by Gasteiger charge is 2.12. The van der Waals surface area contributed by atoms with Crippen LogP contribution in [0.4, 0.5) is 11.6 Å². The molecule has 0 spiro atoms. The van der Waals surface area contributed by atoms with Crippen LogP contribution in [0.25, 0.3) is 0 Å². The van der Waals surface area contributed by atoms with Gasteiger partial charge < -0.3 is 10.6 Å². The molecular weight excluding hydrogens is 324 g/mol. The summed E-state index contributed by atoms with van der Waals surface area (Å²) < 4.78 is 0. The van der Waals surface area contributed by atoms with E-state index in [4.69, 9.17) is 0 Å². The van der Waals surface area contributed by atoms with Gasteiger partial charge in [-0.25, -0.2) is 9.97 Å².